The molecule has 0 bridgehead atoms. The van der Waals surface area contributed by atoms with E-state index >= 15 is 0 Å². The number of hydrogen-bond acceptors (Lipinski definition) is 5. The molecule has 0 aliphatic heterocycles. The van der Waals surface area contributed by atoms with Gasteiger partial charge in [-0.2, -0.15) is 5.26 Å². The van der Waals surface area contributed by atoms with Crippen LogP contribution in [0.1, 0.15) is 26.8 Å². The molecule has 164 valence electrons. The molecule has 1 N–H and O–H groups in total. The van der Waals surface area contributed by atoms with Gasteiger partial charge in [0.2, 0.25) is 0 Å². The number of amides is 1. The average Bonchev–Trinajstić information content (AvgIpc) is 3.55. The van der Waals surface area contributed by atoms with Gasteiger partial charge in [0, 0.05) is 22.9 Å². The summed E-state index contributed by atoms with van der Waals surface area (Å²) in [4.78, 5) is 23.6. The molecule has 0 saturated heterocycles. The minimum Gasteiger partial charge on any atom is -0.332 e. The Hall–Kier alpha value is -4.54. The first kappa shape index (κ1) is 21.3. The Labute approximate surface area is 200 Å². The van der Waals surface area contributed by atoms with Crippen LogP contribution >= 0.6 is 11.3 Å². The lowest BCUT2D eigenvalue weighted by atomic mass is 10.1. The standard InChI is InChI=1S/C27H19N5OS/c28-17-22(23-14-8-16-34-23)30-27(33)21-13-7-15-32-25(21)31-24(20-11-5-2-6-12-20)26(32)29-18-19-9-3-1-4-10-19/h1-16,18,22H,(H,30,33). The van der Waals surface area contributed by atoms with E-state index in [2.05, 4.69) is 11.4 Å². The first-order valence-corrected chi connectivity index (χ1v) is 11.5. The predicted molar refractivity (Wildman–Crippen MR) is 134 cm³/mol. The third-order valence-corrected chi connectivity index (χ3v) is 6.22. The first-order valence-electron chi connectivity index (χ1n) is 10.6. The van der Waals surface area contributed by atoms with Crippen LogP contribution in [0.25, 0.3) is 16.9 Å². The van der Waals surface area contributed by atoms with Crippen molar-refractivity contribution in [3.63, 3.8) is 0 Å². The molecule has 0 radical (unpaired) electrons. The van der Waals surface area contributed by atoms with E-state index in [1.807, 2.05) is 88.8 Å². The second-order valence-electron chi connectivity index (χ2n) is 7.49. The van der Waals surface area contributed by atoms with Crippen molar-refractivity contribution in [2.24, 2.45) is 4.99 Å². The smallest absolute Gasteiger partial charge is 0.256 e. The molecule has 2 aromatic carbocycles. The molecule has 3 heterocycles. The molecule has 5 rings (SSSR count). The van der Waals surface area contributed by atoms with E-state index in [0.717, 1.165) is 16.0 Å². The molecule has 0 saturated carbocycles. The van der Waals surface area contributed by atoms with Crippen molar-refractivity contribution in [2.75, 3.05) is 0 Å². The van der Waals surface area contributed by atoms with E-state index in [1.54, 1.807) is 18.3 Å². The molecule has 1 atom stereocenters. The first-order chi connectivity index (χ1) is 16.7. The van der Waals surface area contributed by atoms with Crippen LogP contribution in [0.3, 0.4) is 0 Å². The molecule has 7 heteroatoms. The molecule has 0 spiro atoms. The summed E-state index contributed by atoms with van der Waals surface area (Å²) >= 11 is 1.43. The van der Waals surface area contributed by atoms with Crippen LogP contribution < -0.4 is 5.32 Å². The van der Waals surface area contributed by atoms with Gasteiger partial charge in [0.1, 0.15) is 5.69 Å². The van der Waals surface area contributed by atoms with Crippen LogP contribution in [0.4, 0.5) is 5.82 Å². The fourth-order valence-corrected chi connectivity index (χ4v) is 4.37. The van der Waals surface area contributed by atoms with Gasteiger partial charge in [-0.1, -0.05) is 66.7 Å². The van der Waals surface area contributed by atoms with Crippen LogP contribution in [0.5, 0.6) is 0 Å². The number of hydrogen-bond donors (Lipinski definition) is 1. The zero-order chi connectivity index (χ0) is 23.3. The molecule has 3 aromatic heterocycles. The fourth-order valence-electron chi connectivity index (χ4n) is 3.65. The number of benzene rings is 2. The SMILES string of the molecule is N#CC(NC(=O)c1cccn2c(N=Cc3ccccc3)c(-c3ccccc3)nc12)c1cccs1. The van der Waals surface area contributed by atoms with Crippen LogP contribution in [-0.2, 0) is 0 Å². The molecule has 0 fully saturated rings. The number of imidazole rings is 1. The number of aliphatic imine (C=N–C) groups is 1. The van der Waals surface area contributed by atoms with Crippen molar-refractivity contribution in [3.05, 3.63) is 113 Å². The highest BCUT2D eigenvalue weighted by molar-refractivity contribution is 7.10. The Morgan fingerprint density at radius 3 is 2.50 bits per heavy atom. The molecule has 0 aliphatic carbocycles. The van der Waals surface area contributed by atoms with Crippen LogP contribution in [0, 0.1) is 11.3 Å². The maximum absolute atomic E-state index is 13.2. The Morgan fingerprint density at radius 1 is 1.03 bits per heavy atom. The van der Waals surface area contributed by atoms with Crippen LogP contribution in [0.2, 0.25) is 0 Å². The molecule has 5 aromatic rings. The molecule has 0 aliphatic rings. The topological polar surface area (TPSA) is 82.5 Å². The number of nitriles is 1. The summed E-state index contributed by atoms with van der Waals surface area (Å²) in [6.45, 7) is 0. The quantitative estimate of drug-likeness (QED) is 0.324. The van der Waals surface area contributed by atoms with Gasteiger partial charge >= 0.3 is 0 Å². The number of carbonyl (C=O) groups is 1. The van der Waals surface area contributed by atoms with Gasteiger partial charge in [-0.25, -0.2) is 9.98 Å². The van der Waals surface area contributed by atoms with Crippen molar-refractivity contribution in [2.45, 2.75) is 6.04 Å². The summed E-state index contributed by atoms with van der Waals surface area (Å²) in [6, 6.07) is 28.2. The number of thiophene rings is 1. The third-order valence-electron chi connectivity index (χ3n) is 5.28. The number of aromatic nitrogens is 2. The summed E-state index contributed by atoms with van der Waals surface area (Å²) in [5.41, 5.74) is 3.37. The van der Waals surface area contributed by atoms with E-state index < -0.39 is 6.04 Å². The lowest BCUT2D eigenvalue weighted by molar-refractivity contribution is 0.0947. The minimum atomic E-state index is -0.730. The number of nitrogens with one attached hydrogen (secondary N) is 1. The molecule has 34 heavy (non-hydrogen) atoms. The summed E-state index contributed by atoms with van der Waals surface area (Å²) in [5, 5.41) is 14.3. The molecule has 1 unspecified atom stereocenters. The second kappa shape index (κ2) is 9.53. The van der Waals surface area contributed by atoms with Gasteiger partial charge in [-0.15, -0.1) is 11.3 Å². The number of fused-ring (bicyclic) bond motifs is 1. The van der Waals surface area contributed by atoms with Crippen molar-refractivity contribution in [1.82, 2.24) is 14.7 Å². The van der Waals surface area contributed by atoms with Crippen molar-refractivity contribution in [1.29, 1.82) is 5.26 Å². The van der Waals surface area contributed by atoms with E-state index in [-0.39, 0.29) is 5.91 Å². The van der Waals surface area contributed by atoms with E-state index in [0.29, 0.717) is 22.7 Å². The molecular weight excluding hydrogens is 442 g/mol. The van der Waals surface area contributed by atoms with Gasteiger partial charge in [-0.05, 0) is 29.1 Å². The highest BCUT2D eigenvalue weighted by Crippen LogP contribution is 2.32. The highest BCUT2D eigenvalue weighted by Gasteiger charge is 2.21. The maximum Gasteiger partial charge on any atom is 0.256 e. The predicted octanol–water partition coefficient (Wildman–Crippen LogP) is 5.81. The number of pyridine rings is 1. The van der Waals surface area contributed by atoms with E-state index in [1.165, 1.54) is 11.3 Å². The van der Waals surface area contributed by atoms with Gasteiger partial charge in [-0.3, -0.25) is 9.20 Å². The Kier molecular flexibility index (Phi) is 5.97. The van der Waals surface area contributed by atoms with Crippen LogP contribution in [-0.4, -0.2) is 21.5 Å². The summed E-state index contributed by atoms with van der Waals surface area (Å²) in [5.74, 6) is 0.253. The second-order valence-corrected chi connectivity index (χ2v) is 8.46. The zero-order valence-electron chi connectivity index (χ0n) is 18.0. The van der Waals surface area contributed by atoms with Gasteiger partial charge in [0.05, 0.1) is 11.6 Å². The highest BCUT2D eigenvalue weighted by atomic mass is 32.1. The molecular formula is C27H19N5OS. The summed E-state index contributed by atoms with van der Waals surface area (Å²) in [7, 11) is 0. The minimum absolute atomic E-state index is 0.367. The Morgan fingerprint density at radius 2 is 1.79 bits per heavy atom. The Bertz CT molecular complexity index is 1500. The lowest BCUT2D eigenvalue weighted by Gasteiger charge is -2.10. The lowest BCUT2D eigenvalue weighted by Crippen LogP contribution is -2.27. The Balaban J connectivity index is 1.60. The van der Waals surface area contributed by atoms with Crippen molar-refractivity contribution in [3.8, 4) is 17.3 Å². The third kappa shape index (κ3) is 4.22. The van der Waals surface area contributed by atoms with Gasteiger partial charge < -0.3 is 5.32 Å². The summed E-state index contributed by atoms with van der Waals surface area (Å²) < 4.78 is 1.81. The van der Waals surface area contributed by atoms with Crippen molar-refractivity contribution < 1.29 is 4.79 Å². The fraction of sp³-hybridized carbons (Fsp3) is 0.0370. The van der Waals surface area contributed by atoms with E-state index in [4.69, 9.17) is 9.98 Å². The van der Waals surface area contributed by atoms with Crippen LogP contribution in [0.15, 0.2) is 101 Å². The summed E-state index contributed by atoms with van der Waals surface area (Å²) in [6.07, 6.45) is 3.62. The number of nitrogens with zero attached hydrogens (tertiary/aromatic N) is 4. The normalized spacial score (nSPS) is 12.0. The maximum atomic E-state index is 13.2. The monoisotopic (exact) mass is 461 g/mol. The number of rotatable bonds is 6. The molecule has 6 nitrogen and oxygen atoms in total. The van der Waals surface area contributed by atoms with E-state index in [9.17, 15) is 10.1 Å². The van der Waals surface area contributed by atoms with Gasteiger partial charge in [0.15, 0.2) is 17.5 Å². The molecule has 1 amide bonds. The van der Waals surface area contributed by atoms with Crippen molar-refractivity contribution >= 4 is 34.9 Å². The largest absolute Gasteiger partial charge is 0.332 e. The average molecular weight is 462 g/mol. The zero-order valence-corrected chi connectivity index (χ0v) is 18.8. The van der Waals surface area contributed by atoms with Gasteiger partial charge in [0.25, 0.3) is 5.91 Å². The number of carbonyl (C=O) groups excluding carboxylic acids is 1.